The number of benzene rings is 2. The van der Waals surface area contributed by atoms with Crippen molar-refractivity contribution in [3.8, 4) is 51.3 Å². The van der Waals surface area contributed by atoms with Gasteiger partial charge in [-0.3, -0.25) is 9.59 Å². The van der Waals surface area contributed by atoms with Crippen molar-refractivity contribution in [3.63, 3.8) is 0 Å². The molecule has 9 nitrogen and oxygen atoms in total. The molecule has 3 aromatic heterocycles. The molecular formula is C28H23N3O6. The van der Waals surface area contributed by atoms with E-state index in [2.05, 4.69) is 4.98 Å². The maximum absolute atomic E-state index is 13.6. The first-order valence-electron chi connectivity index (χ1n) is 11.8. The summed E-state index contributed by atoms with van der Waals surface area (Å²) in [4.78, 5) is 33.9. The molecule has 0 atom stereocenters. The molecule has 6 rings (SSSR count). The van der Waals surface area contributed by atoms with E-state index in [-0.39, 0.29) is 34.3 Å². The Balaban J connectivity index is 1.65. The standard InChI is InChI=1S/C28H23N3O6/c1-14-11-20(33)25(34)26(37-14)23-22(16-8-9-19(32)21(13-16)36-2)29-27(30-23)18-12-17-6-3-5-15-7-4-10-31(24(15)17)28(18)35/h3,5-6,8-9,11-13,32,34H,4,7,10H2,1-2H3,(H,29,30). The van der Waals surface area contributed by atoms with Crippen LogP contribution in [-0.4, -0.2) is 31.9 Å². The van der Waals surface area contributed by atoms with E-state index in [9.17, 15) is 19.8 Å². The number of imidazole rings is 1. The Kier molecular flexibility index (Phi) is 5.15. The van der Waals surface area contributed by atoms with Gasteiger partial charge in [0.05, 0.1) is 18.2 Å². The Morgan fingerprint density at radius 2 is 1.95 bits per heavy atom. The number of methoxy groups -OCH3 is 1. The Hall–Kier alpha value is -4.79. The first-order chi connectivity index (χ1) is 17.9. The molecule has 0 unspecified atom stereocenters. The summed E-state index contributed by atoms with van der Waals surface area (Å²) in [5.74, 6) is 0.0260. The average molecular weight is 498 g/mol. The Morgan fingerprint density at radius 3 is 2.76 bits per heavy atom. The number of pyridine rings is 1. The van der Waals surface area contributed by atoms with Gasteiger partial charge in [-0.05, 0) is 55.0 Å². The minimum absolute atomic E-state index is 0.0591. The van der Waals surface area contributed by atoms with Gasteiger partial charge in [-0.1, -0.05) is 18.2 Å². The second-order valence-corrected chi connectivity index (χ2v) is 9.07. The molecule has 9 heteroatoms. The molecule has 186 valence electrons. The molecule has 0 saturated carbocycles. The summed E-state index contributed by atoms with van der Waals surface area (Å²) in [5.41, 5.74) is 2.66. The smallest absolute Gasteiger partial charge is 0.262 e. The SMILES string of the molecule is COc1cc(-c2nc(-c3cc4cccc5c4n(c3=O)CCC5)[nH]c2-c2oc(C)cc(=O)c2O)ccc1O. The van der Waals surface area contributed by atoms with Gasteiger partial charge < -0.3 is 28.9 Å². The third-order valence-electron chi connectivity index (χ3n) is 6.71. The van der Waals surface area contributed by atoms with E-state index in [1.165, 1.54) is 19.2 Å². The minimum atomic E-state index is -0.605. The molecule has 0 bridgehead atoms. The maximum atomic E-state index is 13.6. The van der Waals surface area contributed by atoms with Crippen LogP contribution in [0.5, 0.6) is 17.2 Å². The van der Waals surface area contributed by atoms with Crippen LogP contribution in [0.15, 0.2) is 62.5 Å². The molecule has 2 aromatic carbocycles. The zero-order chi connectivity index (χ0) is 25.8. The van der Waals surface area contributed by atoms with Crippen molar-refractivity contribution in [1.82, 2.24) is 14.5 Å². The number of nitrogens with zero attached hydrogens (tertiary/aromatic N) is 2. The molecule has 4 heterocycles. The third-order valence-corrected chi connectivity index (χ3v) is 6.71. The van der Waals surface area contributed by atoms with Crippen molar-refractivity contribution in [1.29, 1.82) is 0 Å². The van der Waals surface area contributed by atoms with E-state index in [0.717, 1.165) is 29.3 Å². The van der Waals surface area contributed by atoms with Crippen LogP contribution < -0.4 is 15.7 Å². The quantitative estimate of drug-likeness (QED) is 0.336. The van der Waals surface area contributed by atoms with Crippen LogP contribution in [0.25, 0.3) is 45.0 Å². The zero-order valence-corrected chi connectivity index (χ0v) is 20.2. The number of phenolic OH excluding ortho intramolecular Hbond substituents is 1. The molecule has 3 N–H and O–H groups in total. The summed E-state index contributed by atoms with van der Waals surface area (Å²) in [6.45, 7) is 2.20. The fraction of sp³-hybridized carbons (Fsp3) is 0.179. The predicted octanol–water partition coefficient (Wildman–Crippen LogP) is 4.35. The van der Waals surface area contributed by atoms with Crippen LogP contribution in [0.1, 0.15) is 17.7 Å². The van der Waals surface area contributed by atoms with Crippen molar-refractivity contribution in [2.45, 2.75) is 26.3 Å². The van der Waals surface area contributed by atoms with Crippen LogP contribution in [-0.2, 0) is 13.0 Å². The summed E-state index contributed by atoms with van der Waals surface area (Å²) >= 11 is 0. The minimum Gasteiger partial charge on any atom is -0.504 e. The molecular weight excluding hydrogens is 474 g/mol. The lowest BCUT2D eigenvalue weighted by molar-refractivity contribution is 0.373. The maximum Gasteiger partial charge on any atom is 0.262 e. The number of para-hydroxylation sites is 1. The largest absolute Gasteiger partial charge is 0.504 e. The second kappa shape index (κ2) is 8.41. The molecule has 0 amide bonds. The summed E-state index contributed by atoms with van der Waals surface area (Å²) in [5, 5.41) is 21.6. The number of nitrogens with one attached hydrogen (secondary N) is 1. The van der Waals surface area contributed by atoms with Gasteiger partial charge in [-0.25, -0.2) is 4.98 Å². The van der Waals surface area contributed by atoms with Crippen LogP contribution in [0.4, 0.5) is 0 Å². The van der Waals surface area contributed by atoms with Crippen molar-refractivity contribution in [2.24, 2.45) is 0 Å². The van der Waals surface area contributed by atoms with Crippen LogP contribution >= 0.6 is 0 Å². The molecule has 5 aromatic rings. The zero-order valence-electron chi connectivity index (χ0n) is 20.2. The Labute approximate surface area is 210 Å². The third kappa shape index (κ3) is 3.58. The van der Waals surface area contributed by atoms with Crippen molar-refractivity contribution in [2.75, 3.05) is 7.11 Å². The lowest BCUT2D eigenvalue weighted by atomic mass is 10.00. The summed E-state index contributed by atoms with van der Waals surface area (Å²) in [7, 11) is 1.43. The average Bonchev–Trinajstić information content (AvgIpc) is 3.33. The number of hydrogen-bond acceptors (Lipinski definition) is 7. The molecule has 1 aliphatic heterocycles. The fourth-order valence-electron chi connectivity index (χ4n) is 5.01. The first kappa shape index (κ1) is 22.7. The van der Waals surface area contributed by atoms with Gasteiger partial charge in [0.25, 0.3) is 5.56 Å². The molecule has 37 heavy (non-hydrogen) atoms. The highest BCUT2D eigenvalue weighted by Gasteiger charge is 2.25. The van der Waals surface area contributed by atoms with Crippen LogP contribution in [0.2, 0.25) is 0 Å². The Bertz CT molecular complexity index is 1830. The highest BCUT2D eigenvalue weighted by Crippen LogP contribution is 2.39. The molecule has 0 fully saturated rings. The molecule has 0 aliphatic carbocycles. The van der Waals surface area contributed by atoms with E-state index < -0.39 is 11.2 Å². The number of aryl methyl sites for hydroxylation is 3. The lowest BCUT2D eigenvalue weighted by Gasteiger charge is -2.20. The molecule has 1 aliphatic rings. The number of ether oxygens (including phenoxy) is 1. The van der Waals surface area contributed by atoms with Gasteiger partial charge in [0.15, 0.2) is 17.3 Å². The monoisotopic (exact) mass is 497 g/mol. The van der Waals surface area contributed by atoms with Gasteiger partial charge in [0, 0.05) is 18.2 Å². The summed E-state index contributed by atoms with van der Waals surface area (Å²) < 4.78 is 12.8. The van der Waals surface area contributed by atoms with Gasteiger partial charge in [-0.15, -0.1) is 0 Å². The number of aromatic nitrogens is 3. The van der Waals surface area contributed by atoms with Gasteiger partial charge in [0.2, 0.25) is 11.2 Å². The van der Waals surface area contributed by atoms with E-state index in [0.29, 0.717) is 29.1 Å². The topological polar surface area (TPSA) is 131 Å². The predicted molar refractivity (Wildman–Crippen MR) is 138 cm³/mol. The summed E-state index contributed by atoms with van der Waals surface area (Å²) in [6, 6.07) is 13.6. The van der Waals surface area contributed by atoms with Crippen molar-refractivity contribution < 1.29 is 19.4 Å². The van der Waals surface area contributed by atoms with E-state index >= 15 is 0 Å². The van der Waals surface area contributed by atoms with Crippen LogP contribution in [0, 0.1) is 6.92 Å². The van der Waals surface area contributed by atoms with Crippen LogP contribution in [0.3, 0.4) is 0 Å². The lowest BCUT2D eigenvalue weighted by Crippen LogP contribution is -2.26. The van der Waals surface area contributed by atoms with E-state index in [4.69, 9.17) is 14.1 Å². The second-order valence-electron chi connectivity index (χ2n) is 9.07. The first-order valence-corrected chi connectivity index (χ1v) is 11.8. The summed E-state index contributed by atoms with van der Waals surface area (Å²) in [6.07, 6.45) is 1.78. The van der Waals surface area contributed by atoms with Gasteiger partial charge in [0.1, 0.15) is 23.0 Å². The Morgan fingerprint density at radius 1 is 1.11 bits per heavy atom. The highest BCUT2D eigenvalue weighted by atomic mass is 16.5. The van der Waals surface area contributed by atoms with Crippen molar-refractivity contribution >= 4 is 10.9 Å². The molecule has 0 radical (unpaired) electrons. The highest BCUT2D eigenvalue weighted by molar-refractivity contribution is 5.88. The van der Waals surface area contributed by atoms with E-state index in [1.807, 2.05) is 18.2 Å². The number of hydrogen-bond donors (Lipinski definition) is 3. The number of aromatic amines is 1. The van der Waals surface area contributed by atoms with E-state index in [1.54, 1.807) is 29.7 Å². The number of rotatable bonds is 4. The van der Waals surface area contributed by atoms with Gasteiger partial charge in [-0.2, -0.15) is 0 Å². The normalized spacial score (nSPS) is 12.7. The van der Waals surface area contributed by atoms with Crippen molar-refractivity contribution in [3.05, 3.63) is 80.4 Å². The number of phenols is 1. The molecule has 0 saturated heterocycles. The number of aromatic hydroxyl groups is 2. The molecule has 0 spiro atoms. The number of H-pyrrole nitrogens is 1. The fourth-order valence-corrected chi connectivity index (χ4v) is 5.01. The van der Waals surface area contributed by atoms with Gasteiger partial charge >= 0.3 is 0 Å².